The number of aromatic nitrogens is 1. The molecule has 1 aliphatic rings. The molecule has 12 heteroatoms. The molecule has 202 valence electrons. The Kier molecular flexibility index (Phi) is 7.37. The maximum absolute atomic E-state index is 13.6. The Balaban J connectivity index is 1.77. The molecule has 2 aromatic carbocycles. The van der Waals surface area contributed by atoms with Crippen LogP contribution < -0.4 is 9.75 Å². The summed E-state index contributed by atoms with van der Waals surface area (Å²) in [7, 11) is 0. The third-order valence-corrected chi connectivity index (χ3v) is 6.26. The summed E-state index contributed by atoms with van der Waals surface area (Å²) in [6.07, 6.45) is -11.8. The summed E-state index contributed by atoms with van der Waals surface area (Å²) >= 11 is 6.22. The van der Waals surface area contributed by atoms with Crippen LogP contribution in [0.5, 0.6) is 5.75 Å². The van der Waals surface area contributed by atoms with Gasteiger partial charge in [-0.2, -0.15) is 31.4 Å². The van der Waals surface area contributed by atoms with E-state index in [0.717, 1.165) is 5.01 Å². The lowest BCUT2D eigenvalue weighted by Crippen LogP contribution is -2.62. The zero-order valence-corrected chi connectivity index (χ0v) is 20.8. The number of halogens is 7. The number of para-hydroxylation sites is 2. The fraction of sp³-hybridized carbons (Fsp3) is 0.308. The highest BCUT2D eigenvalue weighted by Gasteiger charge is 2.74. The summed E-state index contributed by atoms with van der Waals surface area (Å²) < 4.78 is 87.6. The molecule has 1 aromatic heterocycles. The van der Waals surface area contributed by atoms with Crippen LogP contribution in [-0.4, -0.2) is 39.9 Å². The average molecular weight is 558 g/mol. The minimum atomic E-state index is -6.06. The van der Waals surface area contributed by atoms with Gasteiger partial charge in [-0.15, -0.1) is 0 Å². The first kappa shape index (κ1) is 27.7. The average Bonchev–Trinajstić information content (AvgIpc) is 3.28. The summed E-state index contributed by atoms with van der Waals surface area (Å²) in [6.45, 7) is 3.72. The van der Waals surface area contributed by atoms with Crippen molar-refractivity contribution in [2.45, 2.75) is 50.4 Å². The number of anilines is 1. The molecule has 1 atom stereocenters. The Hall–Kier alpha value is -3.31. The molecule has 0 aliphatic carbocycles. The van der Waals surface area contributed by atoms with E-state index in [1.54, 1.807) is 36.4 Å². The number of nitrogens with zero attached hydrogens (tertiary/aromatic N) is 3. The number of hydrogen-bond acceptors (Lipinski definition) is 5. The largest absolute Gasteiger partial charge is 0.490 e. The van der Waals surface area contributed by atoms with Crippen LogP contribution in [0.2, 0.25) is 5.02 Å². The van der Waals surface area contributed by atoms with Crippen molar-refractivity contribution in [3.63, 3.8) is 0 Å². The van der Waals surface area contributed by atoms with Crippen LogP contribution in [-0.2, 0) is 0 Å². The third kappa shape index (κ3) is 5.04. The highest BCUT2D eigenvalue weighted by Crippen LogP contribution is 2.49. The highest BCUT2D eigenvalue weighted by molar-refractivity contribution is 6.33. The molecule has 0 saturated heterocycles. The second-order valence-electron chi connectivity index (χ2n) is 8.91. The van der Waals surface area contributed by atoms with Crippen molar-refractivity contribution in [1.29, 1.82) is 0 Å². The molecule has 4 rings (SSSR count). The van der Waals surface area contributed by atoms with Gasteiger partial charge in [-0.3, -0.25) is 9.99 Å². The lowest BCUT2D eigenvalue weighted by molar-refractivity contribution is -0.338. The molecule has 2 heterocycles. The number of benzene rings is 2. The molecular formula is C26H22ClF6N3O2. The topological polar surface area (TPSA) is 58.0 Å². The van der Waals surface area contributed by atoms with Gasteiger partial charge in [0.15, 0.2) is 0 Å². The van der Waals surface area contributed by atoms with Gasteiger partial charge >= 0.3 is 12.4 Å². The lowest BCUT2D eigenvalue weighted by atomic mass is 9.90. The second kappa shape index (κ2) is 10.1. The van der Waals surface area contributed by atoms with Crippen molar-refractivity contribution in [1.82, 2.24) is 4.98 Å². The maximum Gasteiger partial charge on any atom is 0.431 e. The van der Waals surface area contributed by atoms with Crippen LogP contribution in [0.15, 0.2) is 72.0 Å². The second-order valence-corrected chi connectivity index (χ2v) is 9.32. The first-order valence-corrected chi connectivity index (χ1v) is 11.8. The minimum Gasteiger partial charge on any atom is -0.490 e. The smallest absolute Gasteiger partial charge is 0.431 e. The Bertz CT molecular complexity index is 1310. The van der Waals surface area contributed by atoms with E-state index in [0.29, 0.717) is 17.0 Å². The maximum atomic E-state index is 13.6. The number of hydrogen-bond donors (Lipinski definition) is 1. The minimum absolute atomic E-state index is 0.0504. The molecule has 1 unspecified atom stereocenters. The molecule has 1 N–H and O–H groups in total. The van der Waals surface area contributed by atoms with E-state index in [1.807, 2.05) is 13.8 Å². The zero-order valence-electron chi connectivity index (χ0n) is 20.1. The number of hydrazone groups is 1. The molecule has 1 aliphatic heterocycles. The van der Waals surface area contributed by atoms with Gasteiger partial charge in [0.25, 0.3) is 5.60 Å². The summed E-state index contributed by atoms with van der Waals surface area (Å²) in [5, 5.41) is 14.6. The fourth-order valence-electron chi connectivity index (χ4n) is 4.13. The standard InChI is InChI=1S/C26H22ClF6N3O2/c1-15(2)38-22-10-6-3-7-17(22)19-12-11-16(14-34-19)21-13-23(24(37,25(28,29)30)26(31,32)33)35-36(21)20-9-5-4-8-18(20)27/h3-12,14-15,21,37H,13H2,1-2H3. The molecular weight excluding hydrogens is 536 g/mol. The van der Waals surface area contributed by atoms with Gasteiger partial charge in [-0.1, -0.05) is 41.9 Å². The Morgan fingerprint density at radius 2 is 1.58 bits per heavy atom. The summed E-state index contributed by atoms with van der Waals surface area (Å²) in [6, 6.07) is 15.0. The molecule has 0 saturated carbocycles. The quantitative estimate of drug-likeness (QED) is 0.322. The SMILES string of the molecule is CC(C)Oc1ccccc1-c1ccc(C2CC(C(O)(C(F)(F)F)C(F)(F)F)=NN2c2ccccc2Cl)cn1. The van der Waals surface area contributed by atoms with E-state index in [-0.39, 0.29) is 22.4 Å². The predicted molar refractivity (Wildman–Crippen MR) is 131 cm³/mol. The molecule has 3 aromatic rings. The summed E-state index contributed by atoms with van der Waals surface area (Å²) in [5.74, 6) is 0.562. The number of alkyl halides is 6. The van der Waals surface area contributed by atoms with Gasteiger partial charge in [-0.05, 0) is 49.7 Å². The molecule has 38 heavy (non-hydrogen) atoms. The molecule has 5 nitrogen and oxygen atoms in total. The van der Waals surface area contributed by atoms with E-state index in [4.69, 9.17) is 16.3 Å². The number of aliphatic hydroxyl groups is 1. The number of pyridine rings is 1. The Labute approximate surface area is 219 Å². The van der Waals surface area contributed by atoms with Crippen LogP contribution >= 0.6 is 11.6 Å². The monoisotopic (exact) mass is 557 g/mol. The molecule has 0 amide bonds. The van der Waals surface area contributed by atoms with E-state index in [1.165, 1.54) is 30.5 Å². The molecule has 0 radical (unpaired) electrons. The van der Waals surface area contributed by atoms with Crippen molar-refractivity contribution in [2.24, 2.45) is 5.10 Å². The molecule has 0 fully saturated rings. The normalized spacial score (nSPS) is 16.7. The van der Waals surface area contributed by atoms with Crippen LogP contribution in [0, 0.1) is 0 Å². The van der Waals surface area contributed by atoms with Crippen molar-refractivity contribution in [3.8, 4) is 17.0 Å². The van der Waals surface area contributed by atoms with Crippen molar-refractivity contribution >= 4 is 23.0 Å². The number of rotatable bonds is 6. The van der Waals surface area contributed by atoms with E-state index in [2.05, 4.69) is 10.1 Å². The van der Waals surface area contributed by atoms with Crippen LogP contribution in [0.4, 0.5) is 32.0 Å². The van der Waals surface area contributed by atoms with Gasteiger partial charge in [-0.25, -0.2) is 0 Å². The van der Waals surface area contributed by atoms with Crippen LogP contribution in [0.1, 0.15) is 31.9 Å². The van der Waals surface area contributed by atoms with Gasteiger partial charge in [0.2, 0.25) is 0 Å². The summed E-state index contributed by atoms with van der Waals surface area (Å²) in [5.41, 5.74) is -5.17. The highest BCUT2D eigenvalue weighted by atomic mass is 35.5. The van der Waals surface area contributed by atoms with Crippen molar-refractivity contribution in [2.75, 3.05) is 5.01 Å². The van der Waals surface area contributed by atoms with Crippen molar-refractivity contribution < 1.29 is 36.2 Å². The van der Waals surface area contributed by atoms with Crippen molar-refractivity contribution in [3.05, 3.63) is 77.4 Å². The van der Waals surface area contributed by atoms with E-state index in [9.17, 15) is 31.4 Å². The molecule has 0 bridgehead atoms. The summed E-state index contributed by atoms with van der Waals surface area (Å²) in [4.78, 5) is 4.40. The molecule has 0 spiro atoms. The first-order chi connectivity index (χ1) is 17.7. The Morgan fingerprint density at radius 3 is 2.16 bits per heavy atom. The van der Waals surface area contributed by atoms with Gasteiger partial charge in [0.05, 0.1) is 34.3 Å². The van der Waals surface area contributed by atoms with Gasteiger partial charge in [0.1, 0.15) is 5.75 Å². The first-order valence-electron chi connectivity index (χ1n) is 11.4. The lowest BCUT2D eigenvalue weighted by Gasteiger charge is -2.32. The van der Waals surface area contributed by atoms with Crippen LogP contribution in [0.3, 0.4) is 0 Å². The van der Waals surface area contributed by atoms with Gasteiger partial charge in [0, 0.05) is 18.2 Å². The zero-order chi connectivity index (χ0) is 27.9. The van der Waals surface area contributed by atoms with Crippen LogP contribution in [0.25, 0.3) is 11.3 Å². The number of ether oxygens (including phenoxy) is 1. The Morgan fingerprint density at radius 1 is 0.947 bits per heavy atom. The van der Waals surface area contributed by atoms with E-state index < -0.39 is 36.1 Å². The fourth-order valence-corrected chi connectivity index (χ4v) is 4.36. The van der Waals surface area contributed by atoms with Gasteiger partial charge < -0.3 is 9.84 Å². The van der Waals surface area contributed by atoms with E-state index >= 15 is 0 Å². The predicted octanol–water partition coefficient (Wildman–Crippen LogP) is 7.35. The third-order valence-electron chi connectivity index (χ3n) is 5.94.